The van der Waals surface area contributed by atoms with E-state index in [9.17, 15) is 4.39 Å². The first-order valence-electron chi connectivity index (χ1n) is 6.46. The van der Waals surface area contributed by atoms with Crippen LogP contribution in [-0.2, 0) is 0 Å². The van der Waals surface area contributed by atoms with E-state index in [1.165, 1.54) is 7.11 Å². The Balaban J connectivity index is -0.000000285. The summed E-state index contributed by atoms with van der Waals surface area (Å²) >= 11 is 0. The second kappa shape index (κ2) is 14.9. The quantitative estimate of drug-likeness (QED) is 0.631. The summed E-state index contributed by atoms with van der Waals surface area (Å²) in [6, 6.07) is 3.59. The van der Waals surface area contributed by atoms with Gasteiger partial charge in [0.25, 0.3) is 0 Å². The summed E-state index contributed by atoms with van der Waals surface area (Å²) in [5.41, 5.74) is 1.45. The van der Waals surface area contributed by atoms with Crippen molar-refractivity contribution in [3.8, 4) is 5.75 Å². The van der Waals surface area contributed by atoms with Gasteiger partial charge in [-0.2, -0.15) is 0 Å². The van der Waals surface area contributed by atoms with Crippen LogP contribution in [0.4, 0.5) is 4.39 Å². The summed E-state index contributed by atoms with van der Waals surface area (Å²) in [6.07, 6.45) is 0. The van der Waals surface area contributed by atoms with E-state index >= 15 is 0 Å². The number of rotatable bonds is 1. The van der Waals surface area contributed by atoms with Gasteiger partial charge in [-0.25, -0.2) is 4.39 Å². The van der Waals surface area contributed by atoms with Crippen molar-refractivity contribution in [1.82, 2.24) is 0 Å². The molecule has 1 nitrogen and oxygen atoms in total. The third-order valence-electron chi connectivity index (χ3n) is 1.69. The Morgan fingerprint density at radius 2 is 1.18 bits per heavy atom. The summed E-state index contributed by atoms with van der Waals surface area (Å²) in [4.78, 5) is 0. The molecule has 0 aliphatic rings. The van der Waals surface area contributed by atoms with Gasteiger partial charge in [0.2, 0.25) is 0 Å². The normalized spacial score (nSPS) is 7.41. The van der Waals surface area contributed by atoms with Crippen molar-refractivity contribution in [2.24, 2.45) is 0 Å². The molecule has 0 saturated carbocycles. The molecule has 0 unspecified atom stereocenters. The number of ether oxygens (including phenoxy) is 1. The molecule has 2 heteroatoms. The fraction of sp³-hybridized carbons (Fsp3) is 0.600. The second-order valence-electron chi connectivity index (χ2n) is 2.55. The van der Waals surface area contributed by atoms with Crippen molar-refractivity contribution in [2.45, 2.75) is 55.4 Å². The predicted octanol–water partition coefficient (Wildman–Crippen LogP) is 5.53. The molecule has 0 aliphatic heterocycles. The molecule has 0 fully saturated rings. The number of hydrogen-bond acceptors (Lipinski definition) is 1. The molecule has 0 aliphatic carbocycles. The average molecular weight is 244 g/mol. The van der Waals surface area contributed by atoms with Gasteiger partial charge in [0, 0.05) is 0 Å². The minimum Gasteiger partial charge on any atom is -0.493 e. The van der Waals surface area contributed by atoms with Crippen molar-refractivity contribution in [2.75, 3.05) is 7.11 Å². The van der Waals surface area contributed by atoms with Gasteiger partial charge < -0.3 is 4.74 Å². The highest BCUT2D eigenvalue weighted by atomic mass is 19.1. The van der Waals surface area contributed by atoms with Crippen molar-refractivity contribution in [1.29, 1.82) is 0 Å². The molecule has 0 heterocycles. The third-order valence-corrected chi connectivity index (χ3v) is 1.69. The van der Waals surface area contributed by atoms with Gasteiger partial charge in [-0.3, -0.25) is 0 Å². The lowest BCUT2D eigenvalue weighted by Gasteiger charge is -2.06. The van der Waals surface area contributed by atoms with Crippen molar-refractivity contribution in [3.05, 3.63) is 29.1 Å². The zero-order valence-electron chi connectivity index (χ0n) is 12.9. The number of aryl methyl sites for hydroxylation is 2. The standard InChI is InChI=1S/C9H11FO.3C2H6/c1-6-4-5-7(2)9(11-3)8(6)10;3*1-2/h4-5H,1-3H3;3*1-2H3. The maximum Gasteiger partial charge on any atom is 0.168 e. The molecule has 0 bridgehead atoms. The molecule has 17 heavy (non-hydrogen) atoms. The van der Waals surface area contributed by atoms with E-state index in [0.717, 1.165) is 5.56 Å². The summed E-state index contributed by atoms with van der Waals surface area (Å²) in [6.45, 7) is 15.5. The zero-order valence-corrected chi connectivity index (χ0v) is 12.9. The highest BCUT2D eigenvalue weighted by Gasteiger charge is 2.07. The Morgan fingerprint density at radius 3 is 1.47 bits per heavy atom. The van der Waals surface area contributed by atoms with E-state index in [1.54, 1.807) is 13.0 Å². The predicted molar refractivity (Wildman–Crippen MR) is 76.5 cm³/mol. The Kier molecular flexibility index (Phi) is 18.7. The van der Waals surface area contributed by atoms with Gasteiger partial charge >= 0.3 is 0 Å². The van der Waals surface area contributed by atoms with Crippen LogP contribution in [-0.4, -0.2) is 7.11 Å². The lowest BCUT2D eigenvalue weighted by atomic mass is 10.1. The maximum atomic E-state index is 13.1. The fourth-order valence-corrected chi connectivity index (χ4v) is 1.00. The van der Waals surface area contributed by atoms with Crippen molar-refractivity contribution < 1.29 is 9.13 Å². The minimum absolute atomic E-state index is 0.257. The first kappa shape index (κ1) is 21.3. The van der Waals surface area contributed by atoms with Gasteiger partial charge in [0.05, 0.1) is 7.11 Å². The Labute approximate surface area is 107 Å². The average Bonchev–Trinajstić information content (AvgIpc) is 2.42. The molecule has 102 valence electrons. The first-order valence-corrected chi connectivity index (χ1v) is 6.46. The molecular formula is C15H29FO. The molecule has 1 rings (SSSR count). The van der Waals surface area contributed by atoms with Crippen LogP contribution in [0.15, 0.2) is 12.1 Å². The van der Waals surface area contributed by atoms with Crippen LogP contribution in [0.5, 0.6) is 5.75 Å². The maximum absolute atomic E-state index is 13.1. The number of hydrogen-bond donors (Lipinski definition) is 0. The van der Waals surface area contributed by atoms with Gasteiger partial charge in [-0.1, -0.05) is 53.7 Å². The third kappa shape index (κ3) is 7.78. The van der Waals surface area contributed by atoms with Crippen LogP contribution in [0.2, 0.25) is 0 Å². The summed E-state index contributed by atoms with van der Waals surface area (Å²) in [5.74, 6) is 0.0949. The molecule has 0 atom stereocenters. The molecule has 0 amide bonds. The smallest absolute Gasteiger partial charge is 0.168 e. The SMILES string of the molecule is CC.CC.CC.COc1c(C)ccc(C)c1F. The van der Waals surface area contributed by atoms with E-state index in [4.69, 9.17) is 4.74 Å². The van der Waals surface area contributed by atoms with Crippen LogP contribution in [0.3, 0.4) is 0 Å². The van der Waals surface area contributed by atoms with Crippen LogP contribution >= 0.6 is 0 Å². The molecule has 0 spiro atoms. The van der Waals surface area contributed by atoms with Crippen LogP contribution < -0.4 is 4.74 Å². The summed E-state index contributed by atoms with van der Waals surface area (Å²) in [5, 5.41) is 0. The summed E-state index contributed by atoms with van der Waals surface area (Å²) < 4.78 is 18.0. The first-order chi connectivity index (χ1) is 8.16. The van der Waals surface area contributed by atoms with E-state index in [2.05, 4.69) is 0 Å². The van der Waals surface area contributed by atoms with Gasteiger partial charge in [0.1, 0.15) is 0 Å². The lowest BCUT2D eigenvalue weighted by molar-refractivity contribution is 0.382. The molecule has 1 aromatic rings. The number of benzene rings is 1. The highest BCUT2D eigenvalue weighted by molar-refractivity contribution is 5.37. The van der Waals surface area contributed by atoms with E-state index < -0.39 is 0 Å². The van der Waals surface area contributed by atoms with Gasteiger partial charge in [0.15, 0.2) is 11.6 Å². The Hall–Kier alpha value is -1.05. The summed E-state index contributed by atoms with van der Waals surface area (Å²) in [7, 11) is 1.48. The van der Waals surface area contributed by atoms with Crippen LogP contribution in [0.1, 0.15) is 52.7 Å². The van der Waals surface area contributed by atoms with Crippen molar-refractivity contribution >= 4 is 0 Å². The molecule has 0 radical (unpaired) electrons. The van der Waals surface area contributed by atoms with Crippen molar-refractivity contribution in [3.63, 3.8) is 0 Å². The van der Waals surface area contributed by atoms with E-state index in [1.807, 2.05) is 54.5 Å². The second-order valence-corrected chi connectivity index (χ2v) is 2.55. The number of methoxy groups -OCH3 is 1. The fourth-order valence-electron chi connectivity index (χ4n) is 1.00. The zero-order chi connectivity index (χ0) is 14.4. The topological polar surface area (TPSA) is 9.23 Å². The van der Waals surface area contributed by atoms with Crippen LogP contribution in [0, 0.1) is 19.7 Å². The minimum atomic E-state index is -0.257. The van der Waals surface area contributed by atoms with Crippen LogP contribution in [0.25, 0.3) is 0 Å². The number of halogens is 1. The van der Waals surface area contributed by atoms with Gasteiger partial charge in [-0.15, -0.1) is 0 Å². The monoisotopic (exact) mass is 244 g/mol. The largest absolute Gasteiger partial charge is 0.493 e. The van der Waals surface area contributed by atoms with E-state index in [-0.39, 0.29) is 5.82 Å². The molecule has 0 saturated heterocycles. The molecular weight excluding hydrogens is 215 g/mol. The Morgan fingerprint density at radius 1 is 0.824 bits per heavy atom. The molecule has 0 N–H and O–H groups in total. The van der Waals surface area contributed by atoms with E-state index in [0.29, 0.717) is 11.3 Å². The molecule has 0 aromatic heterocycles. The lowest BCUT2D eigenvalue weighted by Crippen LogP contribution is -1.93. The molecule has 1 aromatic carbocycles. The highest BCUT2D eigenvalue weighted by Crippen LogP contribution is 2.23. The van der Waals surface area contributed by atoms with Gasteiger partial charge in [-0.05, 0) is 25.0 Å². The Bertz CT molecular complexity index is 270.